The van der Waals surface area contributed by atoms with Crippen LogP contribution in [0.2, 0.25) is 0 Å². The van der Waals surface area contributed by atoms with Gasteiger partial charge in [-0.05, 0) is 6.07 Å². The second kappa shape index (κ2) is 10.8. The average Bonchev–Trinajstić information content (AvgIpc) is 3.32. The Bertz CT molecular complexity index is 1170. The third-order valence-corrected chi connectivity index (χ3v) is 5.26. The summed E-state index contributed by atoms with van der Waals surface area (Å²) in [5.41, 5.74) is 9.60. The van der Waals surface area contributed by atoms with Crippen molar-refractivity contribution in [2.45, 2.75) is 26.4 Å². The van der Waals surface area contributed by atoms with Crippen LogP contribution in [0.15, 0.2) is 43.0 Å². The second-order valence-electron chi connectivity index (χ2n) is 7.23. The number of nitrogens with two attached hydrogens (primary N) is 1. The number of hydrogen-bond acceptors (Lipinski definition) is 7. The van der Waals surface area contributed by atoms with Crippen molar-refractivity contribution in [3.8, 4) is 22.9 Å². The number of carbonyl (C=O) groups excluding carboxylic acids is 1. The average molecular weight is 448 g/mol. The van der Waals surface area contributed by atoms with Crippen molar-refractivity contribution in [2.24, 2.45) is 0 Å². The van der Waals surface area contributed by atoms with Crippen molar-refractivity contribution < 1.29 is 19.4 Å². The number of hydrogen-bond donors (Lipinski definition) is 2. The number of nitrogen functional groups attached to an aromatic ring is 1. The maximum absolute atomic E-state index is 12.0. The van der Waals surface area contributed by atoms with E-state index in [9.17, 15) is 10.1 Å². The lowest BCUT2D eigenvalue weighted by Crippen LogP contribution is -2.35. The first-order valence-electron chi connectivity index (χ1n) is 10.2. The van der Waals surface area contributed by atoms with E-state index in [0.717, 1.165) is 16.8 Å². The van der Waals surface area contributed by atoms with Gasteiger partial charge in [0.05, 0.1) is 18.6 Å². The minimum absolute atomic E-state index is 0.00759. The van der Waals surface area contributed by atoms with E-state index < -0.39 is 0 Å². The van der Waals surface area contributed by atoms with Gasteiger partial charge in [0.2, 0.25) is 5.91 Å². The third-order valence-electron chi connectivity index (χ3n) is 5.26. The van der Waals surface area contributed by atoms with Gasteiger partial charge < -0.3 is 25.0 Å². The molecule has 0 radical (unpaired) electrons. The highest BCUT2D eigenvalue weighted by atomic mass is 16.5. The lowest BCUT2D eigenvalue weighted by Gasteiger charge is -2.30. The number of pyridine rings is 1. The highest BCUT2D eigenvalue weighted by Crippen LogP contribution is 2.39. The van der Waals surface area contributed by atoms with Gasteiger partial charge in [-0.15, -0.1) is 0 Å². The smallest absolute Gasteiger partial charge is 0.290 e. The van der Waals surface area contributed by atoms with E-state index in [1.54, 1.807) is 24.3 Å². The molecule has 10 nitrogen and oxygen atoms in total. The lowest BCUT2D eigenvalue weighted by molar-refractivity contribution is -0.129. The summed E-state index contributed by atoms with van der Waals surface area (Å²) in [6, 6.07) is 9.78. The normalized spacial score (nSPS) is 12.1. The van der Waals surface area contributed by atoms with Gasteiger partial charge in [0.25, 0.3) is 6.47 Å². The van der Waals surface area contributed by atoms with Gasteiger partial charge in [-0.3, -0.25) is 9.59 Å². The van der Waals surface area contributed by atoms with Crippen LogP contribution in [0.4, 0.5) is 5.82 Å². The van der Waals surface area contributed by atoms with Crippen LogP contribution in [0.5, 0.6) is 5.75 Å². The van der Waals surface area contributed by atoms with E-state index in [1.807, 2.05) is 35.0 Å². The third kappa shape index (κ3) is 5.27. The van der Waals surface area contributed by atoms with Crippen LogP contribution in [0.25, 0.3) is 11.1 Å². The van der Waals surface area contributed by atoms with Crippen molar-refractivity contribution >= 4 is 18.2 Å². The summed E-state index contributed by atoms with van der Waals surface area (Å²) in [4.78, 5) is 30.6. The number of carbonyl (C=O) groups is 2. The fourth-order valence-corrected chi connectivity index (χ4v) is 3.74. The molecule has 170 valence electrons. The predicted octanol–water partition coefficient (Wildman–Crippen LogP) is 2.08. The SMILES string of the molecule is CC(=O)N1CCc2nc(N)c(C#N)c(-c3ccccc3OCCn3ccnc3)c2C1.O=CO. The Labute approximate surface area is 190 Å². The lowest BCUT2D eigenvalue weighted by atomic mass is 9.90. The monoisotopic (exact) mass is 448 g/mol. The number of amides is 1. The number of fused-ring (bicyclic) bond motifs is 1. The summed E-state index contributed by atoms with van der Waals surface area (Å²) in [6.45, 7) is 3.37. The van der Waals surface area contributed by atoms with Gasteiger partial charge in [-0.2, -0.15) is 5.26 Å². The van der Waals surface area contributed by atoms with Crippen LogP contribution >= 0.6 is 0 Å². The van der Waals surface area contributed by atoms with E-state index in [2.05, 4.69) is 16.0 Å². The van der Waals surface area contributed by atoms with Crippen LogP contribution in [0.1, 0.15) is 23.7 Å². The van der Waals surface area contributed by atoms with Crippen molar-refractivity contribution in [1.82, 2.24) is 19.4 Å². The fourth-order valence-electron chi connectivity index (χ4n) is 3.74. The minimum Gasteiger partial charge on any atom is -0.491 e. The minimum atomic E-state index is -0.250. The summed E-state index contributed by atoms with van der Waals surface area (Å²) in [7, 11) is 0. The molecule has 0 saturated heterocycles. The van der Waals surface area contributed by atoms with Crippen LogP contribution in [0, 0.1) is 11.3 Å². The standard InChI is InChI=1S/C22H22N6O2.CH2O2/c1-15(29)28-8-6-19-18(13-28)21(17(12-23)22(24)26-19)16-4-2-3-5-20(16)30-11-10-27-9-7-25-14-27;2-1-3/h2-5,7,9,14H,6,8,10-11,13H2,1H3,(H2,24,26);1H,(H,2,3). The zero-order valence-electron chi connectivity index (χ0n) is 18.1. The molecule has 0 unspecified atom stereocenters. The van der Waals surface area contributed by atoms with Crippen molar-refractivity contribution in [2.75, 3.05) is 18.9 Å². The molecule has 0 aliphatic carbocycles. The summed E-state index contributed by atoms with van der Waals surface area (Å²) >= 11 is 0. The molecule has 1 aromatic carbocycles. The summed E-state index contributed by atoms with van der Waals surface area (Å²) in [5, 5.41) is 16.7. The Kier molecular flexibility index (Phi) is 7.60. The van der Waals surface area contributed by atoms with Gasteiger partial charge >= 0.3 is 0 Å². The Hall–Kier alpha value is -4.39. The van der Waals surface area contributed by atoms with Gasteiger partial charge in [-0.25, -0.2) is 9.97 Å². The molecule has 2 aromatic heterocycles. The molecule has 4 rings (SSSR count). The molecule has 1 aliphatic rings. The van der Waals surface area contributed by atoms with Crippen molar-refractivity contribution in [3.63, 3.8) is 0 Å². The number of aromatic nitrogens is 3. The second-order valence-corrected chi connectivity index (χ2v) is 7.23. The first-order chi connectivity index (χ1) is 16.0. The number of ether oxygens (including phenoxy) is 1. The molecule has 1 aliphatic heterocycles. The Morgan fingerprint density at radius 1 is 1.39 bits per heavy atom. The molecule has 3 heterocycles. The highest BCUT2D eigenvalue weighted by molar-refractivity contribution is 5.83. The van der Waals surface area contributed by atoms with Crippen molar-refractivity contribution in [3.05, 3.63) is 59.8 Å². The van der Waals surface area contributed by atoms with Crippen LogP contribution in [0.3, 0.4) is 0 Å². The quantitative estimate of drug-likeness (QED) is 0.564. The number of imidazole rings is 1. The molecule has 0 fully saturated rings. The molecule has 0 spiro atoms. The molecule has 10 heteroatoms. The van der Waals surface area contributed by atoms with E-state index in [1.165, 1.54) is 0 Å². The van der Waals surface area contributed by atoms with E-state index in [0.29, 0.717) is 49.5 Å². The van der Waals surface area contributed by atoms with Crippen LogP contribution in [-0.2, 0) is 29.1 Å². The predicted molar refractivity (Wildman–Crippen MR) is 120 cm³/mol. The van der Waals surface area contributed by atoms with E-state index in [-0.39, 0.29) is 18.2 Å². The number of nitrogens with zero attached hydrogens (tertiary/aromatic N) is 5. The zero-order chi connectivity index (χ0) is 23.8. The Balaban J connectivity index is 0.000000968. The number of anilines is 1. The van der Waals surface area contributed by atoms with E-state index >= 15 is 0 Å². The van der Waals surface area contributed by atoms with Gasteiger partial charge in [0.15, 0.2) is 0 Å². The molecule has 0 saturated carbocycles. The Morgan fingerprint density at radius 2 is 2.15 bits per heavy atom. The summed E-state index contributed by atoms with van der Waals surface area (Å²) in [6.07, 6.45) is 5.93. The Morgan fingerprint density at radius 3 is 2.82 bits per heavy atom. The zero-order valence-corrected chi connectivity index (χ0v) is 18.1. The largest absolute Gasteiger partial charge is 0.491 e. The molecular formula is C23H24N6O4. The number of para-hydroxylation sites is 1. The fraction of sp³-hybridized carbons (Fsp3) is 0.261. The van der Waals surface area contributed by atoms with E-state index in [4.69, 9.17) is 20.4 Å². The maximum atomic E-state index is 12.0. The number of benzene rings is 1. The summed E-state index contributed by atoms with van der Waals surface area (Å²) < 4.78 is 8.00. The number of rotatable bonds is 5. The van der Waals surface area contributed by atoms with Crippen LogP contribution < -0.4 is 10.5 Å². The number of carboxylic acid groups (broad SMARTS) is 1. The first-order valence-corrected chi connectivity index (χ1v) is 10.2. The maximum Gasteiger partial charge on any atom is 0.290 e. The van der Waals surface area contributed by atoms with Gasteiger partial charge in [0, 0.05) is 55.5 Å². The molecule has 0 atom stereocenters. The number of nitriles is 1. The summed E-state index contributed by atoms with van der Waals surface area (Å²) in [5.74, 6) is 0.851. The first kappa shape index (κ1) is 23.3. The van der Waals surface area contributed by atoms with Gasteiger partial charge in [0.1, 0.15) is 29.8 Å². The molecular weight excluding hydrogens is 424 g/mol. The highest BCUT2D eigenvalue weighted by Gasteiger charge is 2.27. The molecule has 33 heavy (non-hydrogen) atoms. The topological polar surface area (TPSA) is 147 Å². The van der Waals surface area contributed by atoms with Gasteiger partial charge in [-0.1, -0.05) is 18.2 Å². The molecule has 3 N–H and O–H groups in total. The molecule has 3 aromatic rings. The molecule has 1 amide bonds. The van der Waals surface area contributed by atoms with Crippen LogP contribution in [-0.4, -0.2) is 50.1 Å². The molecule has 0 bridgehead atoms. The van der Waals surface area contributed by atoms with Crippen molar-refractivity contribution in [1.29, 1.82) is 5.26 Å².